The van der Waals surface area contributed by atoms with Gasteiger partial charge in [-0.05, 0) is 17.7 Å². The highest BCUT2D eigenvalue weighted by Crippen LogP contribution is 2.44. The van der Waals surface area contributed by atoms with Crippen LogP contribution in [0, 0.1) is 0 Å². The maximum atomic E-state index is 13.6. The molecule has 3 rings (SSSR count). The van der Waals surface area contributed by atoms with E-state index in [0.717, 1.165) is 4.68 Å². The maximum Gasteiger partial charge on any atom is 0.435 e. The Labute approximate surface area is 165 Å². The number of nitrogens with two attached hydrogens (primary N) is 1. The van der Waals surface area contributed by atoms with Crippen LogP contribution in [-0.4, -0.2) is 26.9 Å². The van der Waals surface area contributed by atoms with Gasteiger partial charge >= 0.3 is 6.18 Å². The summed E-state index contributed by atoms with van der Waals surface area (Å²) in [6.45, 7) is 0. The van der Waals surface area contributed by atoms with Crippen LogP contribution in [0.5, 0.6) is 5.88 Å². The van der Waals surface area contributed by atoms with Crippen molar-refractivity contribution in [3.05, 3.63) is 45.3 Å². The molecular weight excluding hydrogens is 430 g/mol. The quantitative estimate of drug-likeness (QED) is 0.589. The normalized spacial score (nSPS) is 11.7. The van der Waals surface area contributed by atoms with Crippen molar-refractivity contribution in [2.75, 3.05) is 12.8 Å². The van der Waals surface area contributed by atoms with E-state index in [4.69, 9.17) is 45.3 Å². The molecule has 3 aromatic rings. The van der Waals surface area contributed by atoms with Crippen molar-refractivity contribution >= 4 is 40.6 Å². The molecule has 2 N–H and O–H groups in total. The summed E-state index contributed by atoms with van der Waals surface area (Å²) in [5, 5.41) is 3.53. The third-order valence-electron chi connectivity index (χ3n) is 3.50. The number of benzene rings is 1. The second-order valence-corrected chi connectivity index (χ2v) is 6.35. The van der Waals surface area contributed by atoms with Gasteiger partial charge in [-0.3, -0.25) is 0 Å². The highest BCUT2D eigenvalue weighted by Gasteiger charge is 2.40. The van der Waals surface area contributed by atoms with Crippen molar-refractivity contribution in [3.8, 4) is 22.8 Å². The molecule has 0 aliphatic heterocycles. The van der Waals surface area contributed by atoms with E-state index >= 15 is 0 Å². The van der Waals surface area contributed by atoms with E-state index < -0.39 is 17.4 Å². The predicted molar refractivity (Wildman–Crippen MR) is 95.6 cm³/mol. The molecule has 0 amide bonds. The van der Waals surface area contributed by atoms with E-state index in [1.54, 1.807) is 0 Å². The van der Waals surface area contributed by atoms with Crippen LogP contribution in [0.4, 0.5) is 19.0 Å². The molecule has 27 heavy (non-hydrogen) atoms. The first-order valence-corrected chi connectivity index (χ1v) is 8.24. The van der Waals surface area contributed by atoms with Crippen LogP contribution < -0.4 is 10.5 Å². The SMILES string of the molecule is COc1nccnc1-n1nc(C(F)(F)F)c(-c2cc(Cl)c(Cl)c(Cl)c2)c1N. The fourth-order valence-electron chi connectivity index (χ4n) is 2.38. The number of halogens is 6. The standard InChI is InChI=1S/C15H9Cl3F3N5O/c1-27-14-13(23-2-3-24-14)26-12(22)9(11(25-26)15(19,20)21)6-4-7(16)10(18)8(17)5-6/h2-5H,22H2,1H3. The summed E-state index contributed by atoms with van der Waals surface area (Å²) in [6.07, 6.45) is -2.24. The Morgan fingerprint density at radius 3 is 2.22 bits per heavy atom. The number of alkyl halides is 3. The van der Waals surface area contributed by atoms with Crippen LogP contribution in [0.2, 0.25) is 15.1 Å². The molecule has 2 heterocycles. The average Bonchev–Trinajstić information content (AvgIpc) is 2.96. The van der Waals surface area contributed by atoms with Gasteiger partial charge in [-0.2, -0.15) is 23.0 Å². The van der Waals surface area contributed by atoms with Crippen molar-refractivity contribution in [2.24, 2.45) is 0 Å². The number of anilines is 1. The summed E-state index contributed by atoms with van der Waals surface area (Å²) in [4.78, 5) is 7.84. The molecule has 0 saturated heterocycles. The lowest BCUT2D eigenvalue weighted by Crippen LogP contribution is -2.10. The molecule has 6 nitrogen and oxygen atoms in total. The van der Waals surface area contributed by atoms with Crippen molar-refractivity contribution in [1.29, 1.82) is 0 Å². The first kappa shape index (κ1) is 19.5. The lowest BCUT2D eigenvalue weighted by molar-refractivity contribution is -0.140. The van der Waals surface area contributed by atoms with Gasteiger partial charge in [0.05, 0.1) is 27.7 Å². The molecule has 12 heteroatoms. The number of hydrogen-bond donors (Lipinski definition) is 1. The summed E-state index contributed by atoms with van der Waals surface area (Å²) >= 11 is 17.8. The highest BCUT2D eigenvalue weighted by molar-refractivity contribution is 6.48. The molecule has 0 atom stereocenters. The molecule has 0 saturated carbocycles. The Kier molecular flexibility index (Phi) is 5.11. The molecule has 0 unspecified atom stereocenters. The average molecular weight is 439 g/mol. The molecule has 1 aromatic carbocycles. The minimum absolute atomic E-state index is 0.00617. The minimum atomic E-state index is -4.82. The topological polar surface area (TPSA) is 78.9 Å². The highest BCUT2D eigenvalue weighted by atomic mass is 35.5. The fourth-order valence-corrected chi connectivity index (χ4v) is 2.98. The Morgan fingerprint density at radius 1 is 1.07 bits per heavy atom. The lowest BCUT2D eigenvalue weighted by atomic mass is 10.1. The minimum Gasteiger partial charge on any atom is -0.478 e. The number of ether oxygens (including phenoxy) is 1. The van der Waals surface area contributed by atoms with Crippen LogP contribution in [0.3, 0.4) is 0 Å². The number of nitrogens with zero attached hydrogens (tertiary/aromatic N) is 4. The summed E-state index contributed by atoms with van der Waals surface area (Å²) in [5.74, 6) is -0.518. The number of hydrogen-bond acceptors (Lipinski definition) is 5. The van der Waals surface area contributed by atoms with E-state index in [2.05, 4.69) is 15.1 Å². The Morgan fingerprint density at radius 2 is 1.67 bits per heavy atom. The fraction of sp³-hybridized carbons (Fsp3) is 0.133. The zero-order valence-corrected chi connectivity index (χ0v) is 15.6. The molecule has 0 aliphatic rings. The first-order chi connectivity index (χ1) is 12.6. The maximum absolute atomic E-state index is 13.6. The van der Waals surface area contributed by atoms with Gasteiger partial charge < -0.3 is 10.5 Å². The number of methoxy groups -OCH3 is 1. The van der Waals surface area contributed by atoms with E-state index in [0.29, 0.717) is 0 Å². The number of aromatic nitrogens is 4. The second-order valence-electron chi connectivity index (χ2n) is 5.16. The van der Waals surface area contributed by atoms with E-state index in [9.17, 15) is 13.2 Å². The van der Waals surface area contributed by atoms with E-state index in [-0.39, 0.29) is 38.1 Å². The van der Waals surface area contributed by atoms with Crippen molar-refractivity contribution in [2.45, 2.75) is 6.18 Å². The molecule has 0 radical (unpaired) electrons. The van der Waals surface area contributed by atoms with Crippen molar-refractivity contribution < 1.29 is 17.9 Å². The molecular formula is C15H9Cl3F3N5O. The zero-order chi connectivity index (χ0) is 19.9. The second kappa shape index (κ2) is 7.06. The zero-order valence-electron chi connectivity index (χ0n) is 13.4. The first-order valence-electron chi connectivity index (χ1n) is 7.11. The lowest BCUT2D eigenvalue weighted by Gasteiger charge is -2.09. The Balaban J connectivity index is 2.33. The van der Waals surface area contributed by atoms with Crippen LogP contribution >= 0.6 is 34.8 Å². The number of nitrogen functional groups attached to an aromatic ring is 1. The van der Waals surface area contributed by atoms with Gasteiger partial charge in [0.2, 0.25) is 5.82 Å². The third-order valence-corrected chi connectivity index (χ3v) is 4.70. The van der Waals surface area contributed by atoms with Crippen LogP contribution in [0.25, 0.3) is 16.9 Å². The van der Waals surface area contributed by atoms with Gasteiger partial charge in [-0.1, -0.05) is 34.8 Å². The van der Waals surface area contributed by atoms with Gasteiger partial charge in [0.1, 0.15) is 5.82 Å². The molecule has 142 valence electrons. The van der Waals surface area contributed by atoms with Crippen LogP contribution in [-0.2, 0) is 6.18 Å². The monoisotopic (exact) mass is 437 g/mol. The summed E-state index contributed by atoms with van der Waals surface area (Å²) in [6, 6.07) is 2.44. The Hall–Kier alpha value is -2.23. The van der Waals surface area contributed by atoms with Gasteiger partial charge in [0.15, 0.2) is 5.69 Å². The third kappa shape index (κ3) is 3.50. The largest absolute Gasteiger partial charge is 0.478 e. The van der Waals surface area contributed by atoms with E-state index in [1.165, 1.54) is 31.6 Å². The number of rotatable bonds is 3. The van der Waals surface area contributed by atoms with Gasteiger partial charge in [0.25, 0.3) is 5.88 Å². The van der Waals surface area contributed by atoms with Crippen LogP contribution in [0.15, 0.2) is 24.5 Å². The van der Waals surface area contributed by atoms with Crippen molar-refractivity contribution in [3.63, 3.8) is 0 Å². The summed E-state index contributed by atoms with van der Waals surface area (Å²) in [7, 11) is 1.29. The van der Waals surface area contributed by atoms with E-state index in [1.807, 2.05) is 0 Å². The van der Waals surface area contributed by atoms with Gasteiger partial charge in [0, 0.05) is 12.4 Å². The van der Waals surface area contributed by atoms with Crippen LogP contribution in [0.1, 0.15) is 5.69 Å². The van der Waals surface area contributed by atoms with Gasteiger partial charge in [-0.25, -0.2) is 9.97 Å². The summed E-state index contributed by atoms with van der Waals surface area (Å²) in [5.41, 5.74) is 4.31. The smallest absolute Gasteiger partial charge is 0.435 e. The summed E-state index contributed by atoms with van der Waals surface area (Å²) < 4.78 is 46.7. The molecule has 0 spiro atoms. The molecule has 0 aliphatic carbocycles. The Bertz CT molecular complexity index is 999. The molecule has 0 fully saturated rings. The predicted octanol–water partition coefficient (Wildman–Crippen LogP) is 4.90. The van der Waals surface area contributed by atoms with Gasteiger partial charge in [-0.15, -0.1) is 0 Å². The molecule has 2 aromatic heterocycles. The van der Waals surface area contributed by atoms with Crippen molar-refractivity contribution in [1.82, 2.24) is 19.7 Å². The molecule has 0 bridgehead atoms.